The summed E-state index contributed by atoms with van der Waals surface area (Å²) >= 11 is 5.87. The number of carbonyl (C=O) groups excluding carboxylic acids is 1. The lowest BCUT2D eigenvalue weighted by molar-refractivity contribution is -0.123. The molecule has 1 amide bonds. The number of aromatic nitrogens is 1. The van der Waals surface area contributed by atoms with Crippen LogP contribution in [0.1, 0.15) is 11.1 Å². The van der Waals surface area contributed by atoms with Gasteiger partial charge >= 0.3 is 0 Å². The molecule has 0 bridgehead atoms. The molecule has 0 saturated heterocycles. The Morgan fingerprint density at radius 3 is 2.76 bits per heavy atom. The van der Waals surface area contributed by atoms with Crippen LogP contribution in [0.3, 0.4) is 0 Å². The Hall–Kier alpha value is -2.31. The first-order valence-corrected chi connectivity index (χ1v) is 6.94. The van der Waals surface area contributed by atoms with Gasteiger partial charge in [0.2, 0.25) is 0 Å². The molecule has 21 heavy (non-hydrogen) atoms. The molecule has 3 nitrogen and oxygen atoms in total. The first-order valence-electron chi connectivity index (χ1n) is 6.57. The number of pyridine rings is 1. The van der Waals surface area contributed by atoms with E-state index in [1.54, 1.807) is 36.5 Å². The Morgan fingerprint density at radius 2 is 2.05 bits per heavy atom. The van der Waals surface area contributed by atoms with Crippen LogP contribution in [0.5, 0.6) is 0 Å². The molecule has 2 aromatic rings. The fraction of sp³-hybridized carbons (Fsp3) is 0.176. The van der Waals surface area contributed by atoms with Crippen molar-refractivity contribution in [1.29, 1.82) is 0 Å². The normalized spacial score (nSPS) is 9.62. The largest absolute Gasteiger partial charge is 0.335 e. The summed E-state index contributed by atoms with van der Waals surface area (Å²) in [6, 6.07) is 11.0. The topological polar surface area (TPSA) is 33.2 Å². The maximum atomic E-state index is 11.9. The van der Waals surface area contributed by atoms with E-state index in [1.807, 2.05) is 24.3 Å². The van der Waals surface area contributed by atoms with E-state index in [1.165, 1.54) is 0 Å². The van der Waals surface area contributed by atoms with Crippen molar-refractivity contribution in [2.45, 2.75) is 6.42 Å². The Kier molecular flexibility index (Phi) is 5.36. The fourth-order valence-electron chi connectivity index (χ4n) is 1.74. The lowest BCUT2D eigenvalue weighted by atomic mass is 10.2. The molecule has 0 spiro atoms. The van der Waals surface area contributed by atoms with Crippen LogP contribution in [0, 0.1) is 11.8 Å². The zero-order valence-electron chi connectivity index (χ0n) is 11.7. The van der Waals surface area contributed by atoms with Crippen molar-refractivity contribution in [1.82, 2.24) is 9.88 Å². The third-order valence-corrected chi connectivity index (χ3v) is 3.21. The first kappa shape index (κ1) is 15.1. The monoisotopic (exact) mass is 298 g/mol. The minimum atomic E-state index is -0.205. The van der Waals surface area contributed by atoms with Gasteiger partial charge in [0.25, 0.3) is 5.91 Å². The van der Waals surface area contributed by atoms with Crippen LogP contribution in [0.2, 0.25) is 5.02 Å². The molecule has 1 aromatic heterocycles. The minimum Gasteiger partial charge on any atom is -0.335 e. The van der Waals surface area contributed by atoms with Crippen LogP contribution in [0.25, 0.3) is 0 Å². The van der Waals surface area contributed by atoms with Gasteiger partial charge in [-0.25, -0.2) is 0 Å². The fourth-order valence-corrected chi connectivity index (χ4v) is 1.93. The first-order chi connectivity index (χ1) is 10.1. The number of likely N-dealkylation sites (N-methyl/N-ethyl adjacent to an activating group) is 1. The van der Waals surface area contributed by atoms with Gasteiger partial charge in [-0.15, -0.1) is 0 Å². The molecule has 0 unspecified atom stereocenters. The van der Waals surface area contributed by atoms with E-state index in [-0.39, 0.29) is 5.91 Å². The van der Waals surface area contributed by atoms with E-state index in [2.05, 4.69) is 16.8 Å². The van der Waals surface area contributed by atoms with Gasteiger partial charge < -0.3 is 4.90 Å². The van der Waals surface area contributed by atoms with Crippen LogP contribution < -0.4 is 0 Å². The smallest absolute Gasteiger partial charge is 0.298 e. The Bertz CT molecular complexity index is 674. The molecule has 4 heteroatoms. The molecular weight excluding hydrogens is 284 g/mol. The van der Waals surface area contributed by atoms with Crippen molar-refractivity contribution in [2.75, 3.05) is 13.6 Å². The van der Waals surface area contributed by atoms with Gasteiger partial charge in [-0.2, -0.15) is 0 Å². The molecule has 106 valence electrons. The summed E-state index contributed by atoms with van der Waals surface area (Å²) in [6.07, 6.45) is 4.27. The zero-order chi connectivity index (χ0) is 15.1. The number of rotatable bonds is 3. The van der Waals surface area contributed by atoms with E-state index in [0.717, 1.165) is 17.5 Å². The SMILES string of the molecule is CN(CCc1ccncc1)C(=O)C#Cc1cccc(Cl)c1. The molecule has 0 aliphatic carbocycles. The second-order valence-corrected chi connectivity index (χ2v) is 5.03. The summed E-state index contributed by atoms with van der Waals surface area (Å²) in [5.41, 5.74) is 1.88. The van der Waals surface area contributed by atoms with Gasteiger partial charge in [-0.05, 0) is 42.3 Å². The Morgan fingerprint density at radius 1 is 1.29 bits per heavy atom. The van der Waals surface area contributed by atoms with Crippen molar-refractivity contribution >= 4 is 17.5 Å². The highest BCUT2D eigenvalue weighted by molar-refractivity contribution is 6.30. The van der Waals surface area contributed by atoms with E-state index in [0.29, 0.717) is 11.6 Å². The van der Waals surface area contributed by atoms with Gasteiger partial charge in [-0.3, -0.25) is 9.78 Å². The molecule has 0 fully saturated rings. The third kappa shape index (κ3) is 4.94. The maximum absolute atomic E-state index is 11.9. The summed E-state index contributed by atoms with van der Waals surface area (Å²) < 4.78 is 0. The highest BCUT2D eigenvalue weighted by atomic mass is 35.5. The molecule has 0 saturated carbocycles. The predicted octanol–water partition coefficient (Wildman–Crippen LogP) is 2.79. The summed E-state index contributed by atoms with van der Waals surface area (Å²) in [7, 11) is 1.75. The highest BCUT2D eigenvalue weighted by Crippen LogP contribution is 2.09. The Balaban J connectivity index is 1.91. The standard InChI is InChI=1S/C17H15ClN2O/c1-20(12-9-14-7-10-19-11-8-14)17(21)6-5-15-3-2-4-16(18)13-15/h2-4,7-8,10-11,13H,9,12H2,1H3. The highest BCUT2D eigenvalue weighted by Gasteiger charge is 2.05. The molecule has 0 atom stereocenters. The molecule has 0 aliphatic heterocycles. The van der Waals surface area contributed by atoms with Crippen molar-refractivity contribution < 1.29 is 4.79 Å². The van der Waals surface area contributed by atoms with E-state index >= 15 is 0 Å². The number of hydrogen-bond donors (Lipinski definition) is 0. The summed E-state index contributed by atoms with van der Waals surface area (Å²) in [6.45, 7) is 0.618. The van der Waals surface area contributed by atoms with Crippen LogP contribution in [0.15, 0.2) is 48.8 Å². The molecular formula is C17H15ClN2O. The summed E-state index contributed by atoms with van der Waals surface area (Å²) in [5, 5.41) is 0.611. The van der Waals surface area contributed by atoms with Gasteiger partial charge in [0.1, 0.15) is 0 Å². The van der Waals surface area contributed by atoms with Gasteiger partial charge in [-0.1, -0.05) is 23.6 Å². The summed E-state index contributed by atoms with van der Waals surface area (Å²) in [5.74, 6) is 5.25. The van der Waals surface area contributed by atoms with Crippen molar-refractivity contribution in [3.05, 3.63) is 64.9 Å². The number of amides is 1. The predicted molar refractivity (Wildman–Crippen MR) is 83.9 cm³/mol. The molecule has 2 rings (SSSR count). The van der Waals surface area contributed by atoms with E-state index < -0.39 is 0 Å². The lowest BCUT2D eigenvalue weighted by Crippen LogP contribution is -2.27. The number of hydrogen-bond acceptors (Lipinski definition) is 2. The zero-order valence-corrected chi connectivity index (χ0v) is 12.5. The van der Waals surface area contributed by atoms with E-state index in [9.17, 15) is 4.79 Å². The number of halogens is 1. The second kappa shape index (κ2) is 7.47. The van der Waals surface area contributed by atoms with Crippen molar-refractivity contribution in [3.63, 3.8) is 0 Å². The quantitative estimate of drug-likeness (QED) is 0.816. The van der Waals surface area contributed by atoms with Crippen molar-refractivity contribution in [2.24, 2.45) is 0 Å². The van der Waals surface area contributed by atoms with Gasteiger partial charge in [0.15, 0.2) is 0 Å². The lowest BCUT2D eigenvalue weighted by Gasteiger charge is -2.13. The van der Waals surface area contributed by atoms with Gasteiger partial charge in [0.05, 0.1) is 0 Å². The van der Waals surface area contributed by atoms with Crippen LogP contribution in [-0.4, -0.2) is 29.4 Å². The number of carbonyl (C=O) groups is 1. The number of benzene rings is 1. The van der Waals surface area contributed by atoms with Crippen LogP contribution in [-0.2, 0) is 11.2 Å². The molecule has 0 N–H and O–H groups in total. The molecule has 1 heterocycles. The Labute approximate surface area is 129 Å². The molecule has 1 aromatic carbocycles. The average molecular weight is 299 g/mol. The third-order valence-electron chi connectivity index (χ3n) is 2.97. The van der Waals surface area contributed by atoms with Crippen molar-refractivity contribution in [3.8, 4) is 11.8 Å². The van der Waals surface area contributed by atoms with Crippen LogP contribution >= 0.6 is 11.6 Å². The molecule has 0 radical (unpaired) electrons. The molecule has 0 aliphatic rings. The van der Waals surface area contributed by atoms with Crippen LogP contribution in [0.4, 0.5) is 0 Å². The van der Waals surface area contributed by atoms with Gasteiger partial charge in [0, 0.05) is 42.5 Å². The van der Waals surface area contributed by atoms with E-state index in [4.69, 9.17) is 11.6 Å². The average Bonchev–Trinajstić information content (AvgIpc) is 2.51. The maximum Gasteiger partial charge on any atom is 0.298 e. The minimum absolute atomic E-state index is 0.205. The number of nitrogens with zero attached hydrogens (tertiary/aromatic N) is 2. The second-order valence-electron chi connectivity index (χ2n) is 4.59. The summed E-state index contributed by atoms with van der Waals surface area (Å²) in [4.78, 5) is 17.5.